The summed E-state index contributed by atoms with van der Waals surface area (Å²) in [4.78, 5) is 0. The van der Waals surface area contributed by atoms with Crippen LogP contribution in [0.2, 0.25) is 0 Å². The zero-order valence-electron chi connectivity index (χ0n) is 9.03. The molecular formula is C9H20O5S2. The molecule has 0 aromatic rings. The number of aliphatic hydroxyl groups excluding tert-OH is 3. The van der Waals surface area contributed by atoms with Gasteiger partial charge in [0, 0.05) is 19.3 Å². The van der Waals surface area contributed by atoms with Crippen LogP contribution >= 0.6 is 25.3 Å². The second kappa shape index (κ2) is 10.6. The minimum absolute atomic E-state index is 0.156. The summed E-state index contributed by atoms with van der Waals surface area (Å²) in [5.74, 6) is 1.01. The molecule has 7 heteroatoms. The normalized spacial score (nSPS) is 17.1. The van der Waals surface area contributed by atoms with Crippen molar-refractivity contribution in [3.63, 3.8) is 0 Å². The summed E-state index contributed by atoms with van der Waals surface area (Å²) in [6.07, 6.45) is -2.01. The van der Waals surface area contributed by atoms with Crippen molar-refractivity contribution < 1.29 is 24.8 Å². The third kappa shape index (κ3) is 9.71. The predicted octanol–water partition coefficient (Wildman–Crippen LogP) is 0.00470. The average Bonchev–Trinajstić information content (AvgIpc) is 2.18. The number of hydrogen-bond acceptors (Lipinski definition) is 7. The Morgan fingerprint density at radius 3 is 1.88 bits per heavy atom. The van der Waals surface area contributed by atoms with Gasteiger partial charge in [-0.05, 0) is 11.5 Å². The molecule has 0 aromatic heterocycles. The van der Waals surface area contributed by atoms with Gasteiger partial charge in [-0.25, -0.2) is 0 Å². The summed E-state index contributed by atoms with van der Waals surface area (Å²) in [5, 5.41) is 27.7. The predicted molar refractivity (Wildman–Crippen MR) is 66.6 cm³/mol. The van der Waals surface area contributed by atoms with Crippen molar-refractivity contribution in [3.05, 3.63) is 0 Å². The van der Waals surface area contributed by atoms with E-state index >= 15 is 0 Å². The van der Waals surface area contributed by atoms with Crippen LogP contribution in [0.1, 0.15) is 19.3 Å². The summed E-state index contributed by atoms with van der Waals surface area (Å²) < 4.78 is 9.78. The van der Waals surface area contributed by atoms with Crippen molar-refractivity contribution in [3.8, 4) is 0 Å². The molecule has 16 heavy (non-hydrogen) atoms. The highest BCUT2D eigenvalue weighted by molar-refractivity contribution is 7.80. The monoisotopic (exact) mass is 272 g/mol. The molecule has 3 atom stereocenters. The largest absolute Gasteiger partial charge is 0.368 e. The van der Waals surface area contributed by atoms with Crippen molar-refractivity contribution >= 4 is 25.3 Å². The first-order valence-electron chi connectivity index (χ1n) is 5.13. The summed E-state index contributed by atoms with van der Waals surface area (Å²) in [6, 6.07) is 0. The molecule has 3 unspecified atom stereocenters. The standard InChI is InChI=1S/C9H20O5S2/c10-7(2-5-15)13-4-1-8(11)14-9(12)3-6-16/h7-12,15-16H,1-6H2. The van der Waals surface area contributed by atoms with Crippen LogP contribution < -0.4 is 0 Å². The van der Waals surface area contributed by atoms with Crippen LogP contribution in [0.25, 0.3) is 0 Å². The minimum atomic E-state index is -1.10. The van der Waals surface area contributed by atoms with Crippen LogP contribution in [0.15, 0.2) is 0 Å². The van der Waals surface area contributed by atoms with Crippen LogP contribution in [-0.4, -0.2) is 52.3 Å². The quantitative estimate of drug-likeness (QED) is 0.286. The van der Waals surface area contributed by atoms with Crippen molar-refractivity contribution in [2.24, 2.45) is 0 Å². The third-order valence-corrected chi connectivity index (χ3v) is 2.26. The fourth-order valence-electron chi connectivity index (χ4n) is 0.927. The number of aliphatic hydroxyl groups is 3. The minimum Gasteiger partial charge on any atom is -0.368 e. The first-order valence-corrected chi connectivity index (χ1v) is 6.39. The smallest absolute Gasteiger partial charge is 0.159 e. The lowest BCUT2D eigenvalue weighted by Crippen LogP contribution is -2.24. The topological polar surface area (TPSA) is 79.2 Å². The van der Waals surface area contributed by atoms with Crippen molar-refractivity contribution in [2.45, 2.75) is 38.1 Å². The Labute approximate surface area is 107 Å². The van der Waals surface area contributed by atoms with E-state index in [1.54, 1.807) is 0 Å². The Morgan fingerprint density at radius 2 is 1.31 bits per heavy atom. The number of ether oxygens (including phenoxy) is 2. The molecule has 0 saturated heterocycles. The molecule has 3 N–H and O–H groups in total. The Bertz CT molecular complexity index is 161. The lowest BCUT2D eigenvalue weighted by atomic mass is 10.4. The van der Waals surface area contributed by atoms with E-state index < -0.39 is 18.9 Å². The van der Waals surface area contributed by atoms with Crippen LogP contribution in [0.4, 0.5) is 0 Å². The van der Waals surface area contributed by atoms with Gasteiger partial charge in [0.25, 0.3) is 0 Å². The molecule has 0 radical (unpaired) electrons. The highest BCUT2D eigenvalue weighted by Crippen LogP contribution is 2.04. The molecule has 0 fully saturated rings. The lowest BCUT2D eigenvalue weighted by molar-refractivity contribution is -0.217. The van der Waals surface area contributed by atoms with E-state index in [2.05, 4.69) is 25.3 Å². The van der Waals surface area contributed by atoms with E-state index in [1.807, 2.05) is 0 Å². The fraction of sp³-hybridized carbons (Fsp3) is 1.00. The van der Waals surface area contributed by atoms with Crippen LogP contribution in [0, 0.1) is 0 Å². The summed E-state index contributed by atoms with van der Waals surface area (Å²) in [6.45, 7) is 0.156. The maximum absolute atomic E-state index is 9.31. The molecule has 0 aromatic carbocycles. The van der Waals surface area contributed by atoms with Crippen LogP contribution in [-0.2, 0) is 9.47 Å². The third-order valence-electron chi connectivity index (χ3n) is 1.74. The number of rotatable bonds is 10. The molecule has 0 bridgehead atoms. The van der Waals surface area contributed by atoms with Gasteiger partial charge in [-0.1, -0.05) is 0 Å². The van der Waals surface area contributed by atoms with E-state index in [0.717, 1.165) is 0 Å². The summed E-state index contributed by atoms with van der Waals surface area (Å²) >= 11 is 7.85. The van der Waals surface area contributed by atoms with E-state index in [0.29, 0.717) is 24.3 Å². The zero-order chi connectivity index (χ0) is 12.4. The van der Waals surface area contributed by atoms with E-state index in [1.165, 1.54) is 0 Å². The van der Waals surface area contributed by atoms with Gasteiger partial charge in [-0.15, -0.1) is 0 Å². The van der Waals surface area contributed by atoms with Gasteiger partial charge in [0.15, 0.2) is 18.9 Å². The van der Waals surface area contributed by atoms with Gasteiger partial charge in [0.1, 0.15) is 0 Å². The van der Waals surface area contributed by atoms with Crippen molar-refractivity contribution in [2.75, 3.05) is 18.1 Å². The van der Waals surface area contributed by atoms with Gasteiger partial charge < -0.3 is 24.8 Å². The lowest BCUT2D eigenvalue weighted by Gasteiger charge is -2.17. The molecule has 0 aliphatic carbocycles. The van der Waals surface area contributed by atoms with E-state index in [4.69, 9.17) is 9.47 Å². The Morgan fingerprint density at radius 1 is 0.812 bits per heavy atom. The summed E-state index contributed by atoms with van der Waals surface area (Å²) in [7, 11) is 0. The van der Waals surface area contributed by atoms with Gasteiger partial charge in [0.05, 0.1) is 6.61 Å². The van der Waals surface area contributed by atoms with E-state index in [9.17, 15) is 15.3 Å². The van der Waals surface area contributed by atoms with Crippen LogP contribution in [0.3, 0.4) is 0 Å². The first-order chi connectivity index (χ1) is 7.60. The molecule has 98 valence electrons. The SMILES string of the molecule is OC(CCS)OCCC(O)OC(O)CCS. The molecule has 0 aliphatic rings. The van der Waals surface area contributed by atoms with E-state index in [-0.39, 0.29) is 13.0 Å². The average molecular weight is 272 g/mol. The van der Waals surface area contributed by atoms with Crippen molar-refractivity contribution in [1.29, 1.82) is 0 Å². The Kier molecular flexibility index (Phi) is 11.0. The molecule has 0 rings (SSSR count). The fourth-order valence-corrected chi connectivity index (χ4v) is 1.37. The first kappa shape index (κ1) is 16.5. The molecule has 5 nitrogen and oxygen atoms in total. The van der Waals surface area contributed by atoms with Gasteiger partial charge in [-0.2, -0.15) is 25.3 Å². The molecule has 0 saturated carbocycles. The van der Waals surface area contributed by atoms with Gasteiger partial charge >= 0.3 is 0 Å². The second-order valence-electron chi connectivity index (χ2n) is 3.18. The maximum atomic E-state index is 9.31. The van der Waals surface area contributed by atoms with Gasteiger partial charge in [-0.3, -0.25) is 0 Å². The molecular weight excluding hydrogens is 252 g/mol. The number of thiol groups is 2. The number of hydrogen-bond donors (Lipinski definition) is 5. The molecule has 0 amide bonds. The molecule has 0 aliphatic heterocycles. The highest BCUT2D eigenvalue weighted by atomic mass is 32.1. The zero-order valence-corrected chi connectivity index (χ0v) is 10.8. The molecule has 0 spiro atoms. The maximum Gasteiger partial charge on any atom is 0.159 e. The van der Waals surface area contributed by atoms with Gasteiger partial charge in [0.2, 0.25) is 0 Å². The highest BCUT2D eigenvalue weighted by Gasteiger charge is 2.11. The van der Waals surface area contributed by atoms with Crippen LogP contribution in [0.5, 0.6) is 0 Å². The molecule has 0 heterocycles. The second-order valence-corrected chi connectivity index (χ2v) is 4.08. The summed E-state index contributed by atoms with van der Waals surface area (Å²) in [5.41, 5.74) is 0. The Hall–Kier alpha value is 0.500. The Balaban J connectivity index is 3.46. The van der Waals surface area contributed by atoms with Crippen molar-refractivity contribution in [1.82, 2.24) is 0 Å².